The number of rotatable bonds is 14. The van der Waals surface area contributed by atoms with Crippen LogP contribution in [-0.4, -0.2) is 56.3 Å². The van der Waals surface area contributed by atoms with Crippen LogP contribution in [0.5, 0.6) is 5.75 Å². The topological polar surface area (TPSA) is 118 Å². The summed E-state index contributed by atoms with van der Waals surface area (Å²) in [6, 6.07) is 22.2. The van der Waals surface area contributed by atoms with Crippen molar-refractivity contribution >= 4 is 20.5 Å². The van der Waals surface area contributed by atoms with Crippen molar-refractivity contribution in [2.75, 3.05) is 31.7 Å². The maximum Gasteiger partial charge on any atom is 0.500 e. The van der Waals surface area contributed by atoms with Gasteiger partial charge in [-0.2, -0.15) is 0 Å². The van der Waals surface area contributed by atoms with Crippen LogP contribution >= 0.6 is 0 Å². The van der Waals surface area contributed by atoms with Gasteiger partial charge in [-0.3, -0.25) is 0 Å². The number of amides is 2. The van der Waals surface area contributed by atoms with Crippen molar-refractivity contribution in [1.82, 2.24) is 15.3 Å². The molecule has 0 bridgehead atoms. The van der Waals surface area contributed by atoms with Gasteiger partial charge in [0, 0.05) is 65.9 Å². The Morgan fingerprint density at radius 3 is 1.86 bits per heavy atom. The molecule has 4 N–H and O–H groups in total. The number of imidazole rings is 1. The fraction of sp³-hybridized carbons (Fsp3) is 0.436. The number of carbonyl (C=O) groups excluding carboxylic acids is 1. The minimum atomic E-state index is -2.75. The second-order valence-electron chi connectivity index (χ2n) is 14.1. The Kier molecular flexibility index (Phi) is 12.5. The SMILES string of the molecule is CCO[Si](CCCNC(=O)Nc1ccc(-c2[nH]c(-c3cc(C(C)(C)C)c(O)c(C(C)(C)C)c3)nc2-c2ccccc2)cc1)(OCC)OCC. The van der Waals surface area contributed by atoms with Crippen molar-refractivity contribution < 1.29 is 23.2 Å². The number of hydrogen-bond donors (Lipinski definition) is 4. The fourth-order valence-electron chi connectivity index (χ4n) is 5.84. The van der Waals surface area contributed by atoms with Gasteiger partial charge in [-0.15, -0.1) is 0 Å². The first-order valence-corrected chi connectivity index (χ1v) is 19.3. The summed E-state index contributed by atoms with van der Waals surface area (Å²) in [5, 5.41) is 17.2. The largest absolute Gasteiger partial charge is 0.507 e. The number of urea groups is 1. The molecule has 49 heavy (non-hydrogen) atoms. The van der Waals surface area contributed by atoms with Crippen molar-refractivity contribution in [2.24, 2.45) is 0 Å². The van der Waals surface area contributed by atoms with Gasteiger partial charge in [0.15, 0.2) is 0 Å². The molecule has 9 nitrogen and oxygen atoms in total. The van der Waals surface area contributed by atoms with Crippen molar-refractivity contribution in [3.05, 3.63) is 77.9 Å². The third-order valence-corrected chi connectivity index (χ3v) is 11.4. The van der Waals surface area contributed by atoms with Gasteiger partial charge in [-0.05, 0) is 62.3 Å². The zero-order chi connectivity index (χ0) is 35.8. The van der Waals surface area contributed by atoms with Gasteiger partial charge in [0.05, 0.1) is 11.4 Å². The third kappa shape index (κ3) is 9.60. The number of aromatic amines is 1. The predicted octanol–water partition coefficient (Wildman–Crippen LogP) is 9.27. The molecule has 0 radical (unpaired) electrons. The molecule has 4 rings (SSSR count). The van der Waals surface area contributed by atoms with Crippen LogP contribution in [0.25, 0.3) is 33.9 Å². The highest BCUT2D eigenvalue weighted by Crippen LogP contribution is 2.42. The molecule has 3 aromatic carbocycles. The fourth-order valence-corrected chi connectivity index (χ4v) is 8.45. The molecule has 264 valence electrons. The van der Waals surface area contributed by atoms with E-state index in [9.17, 15) is 9.90 Å². The number of aromatic nitrogens is 2. The third-order valence-electron chi connectivity index (χ3n) is 8.22. The van der Waals surface area contributed by atoms with Gasteiger partial charge in [0.25, 0.3) is 0 Å². The number of H-pyrrole nitrogens is 1. The summed E-state index contributed by atoms with van der Waals surface area (Å²) >= 11 is 0. The first-order valence-electron chi connectivity index (χ1n) is 17.3. The molecule has 4 aromatic rings. The Hall–Kier alpha value is -3.96. The zero-order valence-corrected chi connectivity index (χ0v) is 31.6. The monoisotopic (exact) mass is 686 g/mol. The minimum absolute atomic E-state index is 0.268. The summed E-state index contributed by atoms with van der Waals surface area (Å²) in [5.41, 5.74) is 6.40. The average Bonchev–Trinajstić information content (AvgIpc) is 3.49. The second-order valence-corrected chi connectivity index (χ2v) is 16.9. The van der Waals surface area contributed by atoms with Crippen molar-refractivity contribution in [2.45, 2.75) is 85.6 Å². The number of phenolic OH excluding ortho intramolecular Hbond substituents is 1. The molecule has 1 heterocycles. The van der Waals surface area contributed by atoms with E-state index in [0.29, 0.717) is 50.3 Å². The Morgan fingerprint density at radius 1 is 0.796 bits per heavy atom. The molecule has 1 aromatic heterocycles. The number of phenols is 1. The minimum Gasteiger partial charge on any atom is -0.507 e. The van der Waals surface area contributed by atoms with E-state index in [1.165, 1.54) is 0 Å². The quantitative estimate of drug-likeness (QED) is 0.0776. The van der Waals surface area contributed by atoms with E-state index >= 15 is 0 Å². The lowest BCUT2D eigenvalue weighted by atomic mass is 9.78. The summed E-state index contributed by atoms with van der Waals surface area (Å²) in [6.07, 6.45) is 0.679. The van der Waals surface area contributed by atoms with E-state index in [4.69, 9.17) is 18.3 Å². The van der Waals surface area contributed by atoms with E-state index in [1.54, 1.807) is 0 Å². The number of anilines is 1. The van der Waals surface area contributed by atoms with Crippen LogP contribution in [-0.2, 0) is 24.1 Å². The van der Waals surface area contributed by atoms with E-state index < -0.39 is 8.80 Å². The highest BCUT2D eigenvalue weighted by atomic mass is 28.4. The maximum atomic E-state index is 12.7. The summed E-state index contributed by atoms with van der Waals surface area (Å²) in [6.45, 7) is 20.5. The van der Waals surface area contributed by atoms with Gasteiger partial charge in [-0.1, -0.05) is 84.0 Å². The standard InChI is InChI=1S/C39H54N4O5Si/c1-10-46-49(47-11-2,48-12-3)24-16-23-40-37(45)41-30-21-19-28(20-22-30)34-33(27-17-14-13-15-18-27)42-36(43-34)29-25-31(38(4,5)6)35(44)32(26-29)39(7,8)9/h13-15,17-22,25-26,44H,10-12,16,23-24H2,1-9H3,(H,42,43)(H2,40,41,45). The summed E-state index contributed by atoms with van der Waals surface area (Å²) in [5.74, 6) is 1.05. The summed E-state index contributed by atoms with van der Waals surface area (Å²) < 4.78 is 17.7. The molecule has 0 saturated carbocycles. The summed E-state index contributed by atoms with van der Waals surface area (Å²) in [7, 11) is -2.75. The molecule has 10 heteroatoms. The molecule has 0 fully saturated rings. The number of hydrogen-bond acceptors (Lipinski definition) is 6. The van der Waals surface area contributed by atoms with Gasteiger partial charge in [0.1, 0.15) is 11.6 Å². The number of nitrogens with zero attached hydrogens (tertiary/aromatic N) is 1. The van der Waals surface area contributed by atoms with Gasteiger partial charge < -0.3 is 34.0 Å². The Morgan fingerprint density at radius 2 is 1.35 bits per heavy atom. The zero-order valence-electron chi connectivity index (χ0n) is 30.6. The smallest absolute Gasteiger partial charge is 0.500 e. The highest BCUT2D eigenvalue weighted by Gasteiger charge is 2.39. The van der Waals surface area contributed by atoms with Gasteiger partial charge in [-0.25, -0.2) is 9.78 Å². The van der Waals surface area contributed by atoms with E-state index in [-0.39, 0.29) is 16.9 Å². The van der Waals surface area contributed by atoms with Gasteiger partial charge >= 0.3 is 14.8 Å². The van der Waals surface area contributed by atoms with E-state index in [0.717, 1.165) is 45.0 Å². The molecule has 0 aliphatic heterocycles. The second kappa shape index (κ2) is 16.2. The van der Waals surface area contributed by atoms with Crippen molar-refractivity contribution in [3.63, 3.8) is 0 Å². The molecule has 0 unspecified atom stereocenters. The number of nitrogens with one attached hydrogen (secondary N) is 3. The van der Waals surface area contributed by atoms with Crippen LogP contribution in [0.15, 0.2) is 66.7 Å². The van der Waals surface area contributed by atoms with Crippen LogP contribution in [0, 0.1) is 0 Å². The van der Waals surface area contributed by atoms with Crippen molar-refractivity contribution in [1.29, 1.82) is 0 Å². The van der Waals surface area contributed by atoms with Crippen LogP contribution in [0.4, 0.5) is 10.5 Å². The van der Waals surface area contributed by atoms with Crippen LogP contribution in [0.3, 0.4) is 0 Å². The first-order chi connectivity index (χ1) is 23.2. The average molecular weight is 687 g/mol. The number of carbonyl (C=O) groups is 1. The first kappa shape index (κ1) is 37.8. The summed E-state index contributed by atoms with van der Waals surface area (Å²) in [4.78, 5) is 21.5. The molecule has 0 spiro atoms. The molecular weight excluding hydrogens is 633 g/mol. The normalized spacial score (nSPS) is 12.3. The van der Waals surface area contributed by atoms with Gasteiger partial charge in [0.2, 0.25) is 0 Å². The Labute approximate surface area is 293 Å². The maximum absolute atomic E-state index is 12.7. The van der Waals surface area contributed by atoms with Crippen molar-refractivity contribution in [3.8, 4) is 39.7 Å². The lowest BCUT2D eigenvalue weighted by Crippen LogP contribution is -2.46. The van der Waals surface area contributed by atoms with Crippen LogP contribution in [0.2, 0.25) is 6.04 Å². The Balaban J connectivity index is 1.56. The highest BCUT2D eigenvalue weighted by molar-refractivity contribution is 6.60. The van der Waals surface area contributed by atoms with Crippen LogP contribution in [0.1, 0.15) is 79.9 Å². The Bertz CT molecular complexity index is 1620. The molecule has 0 aliphatic rings. The van der Waals surface area contributed by atoms with Crippen LogP contribution < -0.4 is 10.6 Å². The lowest BCUT2D eigenvalue weighted by Gasteiger charge is -2.28. The predicted molar refractivity (Wildman–Crippen MR) is 201 cm³/mol. The number of aromatic hydroxyl groups is 1. The van der Waals surface area contributed by atoms with E-state index in [1.807, 2.05) is 87.5 Å². The molecule has 0 aliphatic carbocycles. The van der Waals surface area contributed by atoms with E-state index in [2.05, 4.69) is 57.2 Å². The molecule has 0 saturated heterocycles. The number of benzene rings is 3. The molecular formula is C39H54N4O5Si. The molecule has 2 amide bonds. The lowest BCUT2D eigenvalue weighted by molar-refractivity contribution is 0.0708. The molecule has 0 atom stereocenters.